The second-order valence-electron chi connectivity index (χ2n) is 11.0. The Bertz CT molecular complexity index is 1110. The van der Waals surface area contributed by atoms with Gasteiger partial charge in [-0.15, -0.1) is 0 Å². The number of piperazine rings is 1. The van der Waals surface area contributed by atoms with Crippen LogP contribution in [0.1, 0.15) is 50.5 Å². The maximum atomic E-state index is 6.12. The third-order valence-corrected chi connectivity index (χ3v) is 8.41. The highest BCUT2D eigenvalue weighted by molar-refractivity contribution is 5.88. The van der Waals surface area contributed by atoms with Crippen LogP contribution in [-0.2, 0) is 6.54 Å². The molecule has 7 nitrogen and oxygen atoms in total. The molecule has 3 aliphatic rings. The van der Waals surface area contributed by atoms with E-state index < -0.39 is 0 Å². The lowest BCUT2D eigenvalue weighted by molar-refractivity contribution is 0.0717. The summed E-state index contributed by atoms with van der Waals surface area (Å²) < 4.78 is 11.7. The molecule has 1 saturated carbocycles. The molecule has 2 aliphatic heterocycles. The summed E-state index contributed by atoms with van der Waals surface area (Å²) in [6.07, 6.45) is 11.3. The molecular weight excluding hydrogens is 450 g/mol. The minimum absolute atomic E-state index is 0.555. The molecule has 0 unspecified atom stereocenters. The zero-order valence-corrected chi connectivity index (χ0v) is 21.3. The number of para-hydroxylation sites is 1. The molecule has 0 spiro atoms. The monoisotopic (exact) mass is 489 g/mol. The highest BCUT2D eigenvalue weighted by Gasteiger charge is 2.34. The summed E-state index contributed by atoms with van der Waals surface area (Å²) in [5, 5.41) is 9.12. The first-order valence-corrected chi connectivity index (χ1v) is 13.9. The number of pyridine rings is 1. The molecule has 2 atom stereocenters. The van der Waals surface area contributed by atoms with Crippen LogP contribution in [0, 0.1) is 11.8 Å². The molecule has 4 heterocycles. The van der Waals surface area contributed by atoms with Crippen LogP contribution in [0.3, 0.4) is 0 Å². The Hall–Kier alpha value is -2.64. The maximum absolute atomic E-state index is 6.12. The van der Waals surface area contributed by atoms with Crippen molar-refractivity contribution in [2.45, 2.75) is 57.5 Å². The zero-order valence-electron chi connectivity index (χ0n) is 21.3. The average Bonchev–Trinajstić information content (AvgIpc) is 3.37. The number of ether oxygens (including phenoxy) is 1. The van der Waals surface area contributed by atoms with Gasteiger partial charge in [-0.3, -0.25) is 4.90 Å². The lowest BCUT2D eigenvalue weighted by atomic mass is 9.89. The van der Waals surface area contributed by atoms with E-state index in [1.54, 1.807) is 0 Å². The van der Waals surface area contributed by atoms with E-state index in [2.05, 4.69) is 43.5 Å². The Morgan fingerprint density at radius 2 is 1.86 bits per heavy atom. The van der Waals surface area contributed by atoms with Gasteiger partial charge in [0, 0.05) is 56.9 Å². The number of rotatable bonds is 8. The zero-order chi connectivity index (χ0) is 24.2. The fourth-order valence-corrected chi connectivity index (χ4v) is 6.30. The summed E-state index contributed by atoms with van der Waals surface area (Å²) in [5.41, 5.74) is 2.10. The van der Waals surface area contributed by atoms with Crippen molar-refractivity contribution in [3.05, 3.63) is 48.2 Å². The van der Waals surface area contributed by atoms with Gasteiger partial charge in [0.05, 0.1) is 12.0 Å². The van der Waals surface area contributed by atoms with Gasteiger partial charge >= 0.3 is 0 Å². The molecular formula is C29H39N5O2. The van der Waals surface area contributed by atoms with E-state index in [1.807, 2.05) is 24.4 Å². The van der Waals surface area contributed by atoms with E-state index in [0.717, 1.165) is 74.5 Å². The maximum Gasteiger partial charge on any atom is 0.213 e. The molecule has 0 amide bonds. The number of fused-ring (bicyclic) bond motifs is 2. The number of anilines is 1. The van der Waals surface area contributed by atoms with Crippen LogP contribution in [-0.4, -0.2) is 60.4 Å². The fourth-order valence-electron chi connectivity index (χ4n) is 6.30. The highest BCUT2D eigenvalue weighted by atomic mass is 16.5. The molecule has 2 saturated heterocycles. The Labute approximate surface area is 214 Å². The van der Waals surface area contributed by atoms with Crippen molar-refractivity contribution in [2.75, 3.05) is 44.2 Å². The van der Waals surface area contributed by atoms with E-state index in [-0.39, 0.29) is 0 Å². The molecule has 1 aliphatic carbocycles. The van der Waals surface area contributed by atoms with E-state index in [4.69, 9.17) is 9.26 Å². The van der Waals surface area contributed by atoms with E-state index >= 15 is 0 Å². The summed E-state index contributed by atoms with van der Waals surface area (Å²) in [6, 6.07) is 12.9. The normalized spacial score (nSPS) is 23.6. The highest BCUT2D eigenvalue weighted by Crippen LogP contribution is 2.31. The Kier molecular flexibility index (Phi) is 7.37. The topological polar surface area (TPSA) is 66.7 Å². The van der Waals surface area contributed by atoms with E-state index in [1.165, 1.54) is 50.5 Å². The largest absolute Gasteiger partial charge is 0.477 e. The van der Waals surface area contributed by atoms with Crippen molar-refractivity contribution in [1.29, 1.82) is 0 Å². The molecule has 3 fully saturated rings. The predicted octanol–water partition coefficient (Wildman–Crippen LogP) is 4.87. The Balaban J connectivity index is 0.941. The molecule has 3 aromatic rings. The summed E-state index contributed by atoms with van der Waals surface area (Å²) in [7, 11) is 0. The standard InChI is InChI=1S/C29H39N5O2/c1-2-6-22(7-3-1)16-30-17-23-11-13-28(31-18-23)35-21-24-10-12-25-20-34(15-14-33(25)19-24)29-26-8-4-5-9-27(26)36-32-29/h4-5,8-9,11,13,18,22,24-25,30H,1-3,6-7,10,12,14-17,19-21H2/t24-,25-/m0/s1. The lowest BCUT2D eigenvalue weighted by Crippen LogP contribution is -2.57. The van der Waals surface area contributed by atoms with Crippen molar-refractivity contribution in [3.63, 3.8) is 0 Å². The molecule has 7 heteroatoms. The van der Waals surface area contributed by atoms with Gasteiger partial charge in [-0.25, -0.2) is 4.98 Å². The molecule has 6 rings (SSSR count). The quantitative estimate of drug-likeness (QED) is 0.484. The van der Waals surface area contributed by atoms with Crippen molar-refractivity contribution >= 4 is 16.8 Å². The minimum atomic E-state index is 0.555. The molecule has 1 N–H and O–H groups in total. The van der Waals surface area contributed by atoms with Gasteiger partial charge < -0.3 is 19.5 Å². The molecule has 0 bridgehead atoms. The van der Waals surface area contributed by atoms with Crippen LogP contribution in [0.25, 0.3) is 11.0 Å². The smallest absolute Gasteiger partial charge is 0.213 e. The predicted molar refractivity (Wildman–Crippen MR) is 142 cm³/mol. The third kappa shape index (κ3) is 5.52. The number of hydrogen-bond acceptors (Lipinski definition) is 7. The van der Waals surface area contributed by atoms with Crippen molar-refractivity contribution in [3.8, 4) is 5.88 Å². The number of nitrogens with one attached hydrogen (secondary N) is 1. The summed E-state index contributed by atoms with van der Waals surface area (Å²) in [4.78, 5) is 9.62. The van der Waals surface area contributed by atoms with Gasteiger partial charge in [-0.05, 0) is 55.8 Å². The van der Waals surface area contributed by atoms with Crippen LogP contribution in [0.5, 0.6) is 5.88 Å². The van der Waals surface area contributed by atoms with Crippen molar-refractivity contribution < 1.29 is 9.26 Å². The summed E-state index contributed by atoms with van der Waals surface area (Å²) in [6.45, 7) is 6.92. The van der Waals surface area contributed by atoms with Crippen molar-refractivity contribution in [2.24, 2.45) is 11.8 Å². The van der Waals surface area contributed by atoms with Crippen LogP contribution in [0.2, 0.25) is 0 Å². The second kappa shape index (κ2) is 11.2. The Morgan fingerprint density at radius 3 is 2.75 bits per heavy atom. The second-order valence-corrected chi connectivity index (χ2v) is 11.0. The number of hydrogen-bond donors (Lipinski definition) is 1. The summed E-state index contributed by atoms with van der Waals surface area (Å²) >= 11 is 0. The third-order valence-electron chi connectivity index (χ3n) is 8.41. The van der Waals surface area contributed by atoms with Crippen LogP contribution >= 0.6 is 0 Å². The van der Waals surface area contributed by atoms with Gasteiger partial charge in [-0.1, -0.05) is 42.6 Å². The van der Waals surface area contributed by atoms with Gasteiger partial charge in [0.1, 0.15) is 0 Å². The van der Waals surface area contributed by atoms with Gasteiger partial charge in [-0.2, -0.15) is 0 Å². The average molecular weight is 490 g/mol. The number of benzene rings is 1. The van der Waals surface area contributed by atoms with Crippen LogP contribution < -0.4 is 15.0 Å². The fraction of sp³-hybridized carbons (Fsp3) is 0.586. The molecule has 1 aromatic carbocycles. The van der Waals surface area contributed by atoms with Crippen LogP contribution in [0.4, 0.5) is 5.82 Å². The first kappa shape index (κ1) is 23.7. The first-order valence-electron chi connectivity index (χ1n) is 13.9. The SMILES string of the molecule is c1ccc2c(N3CCN4C[C@@H](COc5ccc(CNCC6CCCCC6)cn5)CC[C@H]4C3)noc2c1. The minimum Gasteiger partial charge on any atom is -0.477 e. The number of piperidine rings is 1. The van der Waals surface area contributed by atoms with Gasteiger partial charge in [0.25, 0.3) is 0 Å². The van der Waals surface area contributed by atoms with Gasteiger partial charge in [0.15, 0.2) is 11.4 Å². The number of nitrogens with zero attached hydrogens (tertiary/aromatic N) is 4. The molecule has 192 valence electrons. The number of aromatic nitrogens is 2. The summed E-state index contributed by atoms with van der Waals surface area (Å²) in [5.74, 6) is 3.15. The first-order chi connectivity index (χ1) is 17.8. The Morgan fingerprint density at radius 1 is 0.944 bits per heavy atom. The van der Waals surface area contributed by atoms with E-state index in [9.17, 15) is 0 Å². The molecule has 36 heavy (non-hydrogen) atoms. The lowest BCUT2D eigenvalue weighted by Gasteiger charge is -2.46. The van der Waals surface area contributed by atoms with Crippen LogP contribution in [0.15, 0.2) is 47.1 Å². The van der Waals surface area contributed by atoms with E-state index in [0.29, 0.717) is 12.0 Å². The molecule has 2 aromatic heterocycles. The molecule has 0 radical (unpaired) electrons. The van der Waals surface area contributed by atoms with Crippen molar-refractivity contribution in [1.82, 2.24) is 20.4 Å². The van der Waals surface area contributed by atoms with Gasteiger partial charge in [0.2, 0.25) is 5.88 Å².